The second-order valence-corrected chi connectivity index (χ2v) is 11.6. The monoisotopic (exact) mass is 567 g/mol. The van der Waals surface area contributed by atoms with E-state index in [4.69, 9.17) is 9.47 Å². The summed E-state index contributed by atoms with van der Waals surface area (Å²) in [6, 6.07) is 20.7. The molecule has 3 aromatic carbocycles. The van der Waals surface area contributed by atoms with Gasteiger partial charge in [0.05, 0.1) is 24.8 Å². The number of sulfonamides is 1. The van der Waals surface area contributed by atoms with Crippen LogP contribution in [0, 0.1) is 5.92 Å². The molecule has 0 radical (unpaired) electrons. The zero-order valence-corrected chi connectivity index (χ0v) is 24.4. The Kier molecular flexibility index (Phi) is 10.6. The van der Waals surface area contributed by atoms with Crippen LogP contribution in [0.3, 0.4) is 0 Å². The Hall–Kier alpha value is -4.05. The van der Waals surface area contributed by atoms with Crippen molar-refractivity contribution >= 4 is 27.5 Å². The van der Waals surface area contributed by atoms with Crippen LogP contribution in [0.5, 0.6) is 11.5 Å². The summed E-state index contributed by atoms with van der Waals surface area (Å²) in [6.45, 7) is 5.61. The molecule has 0 spiro atoms. The highest BCUT2D eigenvalue weighted by molar-refractivity contribution is 7.92. The van der Waals surface area contributed by atoms with Gasteiger partial charge in [-0.15, -0.1) is 0 Å². The first kappa shape index (κ1) is 30.5. The van der Waals surface area contributed by atoms with Crippen LogP contribution < -0.4 is 19.1 Å². The Bertz CT molecular complexity index is 1380. The maximum atomic E-state index is 14.0. The molecule has 1 N–H and O–H groups in total. The van der Waals surface area contributed by atoms with Gasteiger partial charge in [-0.3, -0.25) is 13.9 Å². The van der Waals surface area contributed by atoms with Gasteiger partial charge in [-0.25, -0.2) is 8.42 Å². The molecule has 0 bridgehead atoms. The molecule has 0 aromatic heterocycles. The van der Waals surface area contributed by atoms with E-state index in [-0.39, 0.29) is 29.0 Å². The number of nitrogens with one attached hydrogen (secondary N) is 1. The number of amides is 2. The number of ether oxygens (including phenoxy) is 2. The predicted octanol–water partition coefficient (Wildman–Crippen LogP) is 4.09. The van der Waals surface area contributed by atoms with E-state index in [0.717, 1.165) is 9.87 Å². The van der Waals surface area contributed by atoms with Gasteiger partial charge in [0.15, 0.2) is 0 Å². The van der Waals surface area contributed by atoms with Gasteiger partial charge in [0.2, 0.25) is 11.8 Å². The molecule has 0 fully saturated rings. The van der Waals surface area contributed by atoms with E-state index in [1.54, 1.807) is 80.8 Å². The Morgan fingerprint density at radius 2 is 1.50 bits per heavy atom. The molecule has 0 saturated carbocycles. The van der Waals surface area contributed by atoms with Gasteiger partial charge in [0, 0.05) is 19.2 Å². The maximum absolute atomic E-state index is 14.0. The van der Waals surface area contributed by atoms with Gasteiger partial charge < -0.3 is 19.7 Å². The number of anilines is 1. The molecule has 9 nitrogen and oxygen atoms in total. The summed E-state index contributed by atoms with van der Waals surface area (Å²) in [7, 11) is -1.10. The molecule has 40 heavy (non-hydrogen) atoms. The van der Waals surface area contributed by atoms with E-state index < -0.39 is 28.5 Å². The Morgan fingerprint density at radius 3 is 2.10 bits per heavy atom. The number of methoxy groups -OCH3 is 2. The van der Waals surface area contributed by atoms with Crippen molar-refractivity contribution < 1.29 is 27.5 Å². The molecule has 3 rings (SSSR count). The Morgan fingerprint density at radius 1 is 0.850 bits per heavy atom. The lowest BCUT2D eigenvalue weighted by Gasteiger charge is -2.32. The number of hydrogen-bond donors (Lipinski definition) is 1. The average Bonchev–Trinajstić information content (AvgIpc) is 2.97. The first-order valence-corrected chi connectivity index (χ1v) is 14.4. The van der Waals surface area contributed by atoms with Crippen molar-refractivity contribution in [3.63, 3.8) is 0 Å². The minimum Gasteiger partial charge on any atom is -0.497 e. The summed E-state index contributed by atoms with van der Waals surface area (Å²) in [5.74, 6) is 0.457. The van der Waals surface area contributed by atoms with Crippen LogP contribution in [-0.4, -0.2) is 58.5 Å². The minimum atomic E-state index is -4.14. The zero-order chi connectivity index (χ0) is 29.3. The Balaban J connectivity index is 2.01. The van der Waals surface area contributed by atoms with Crippen LogP contribution in [0.2, 0.25) is 0 Å². The topological polar surface area (TPSA) is 105 Å². The molecule has 214 valence electrons. The largest absolute Gasteiger partial charge is 0.497 e. The summed E-state index contributed by atoms with van der Waals surface area (Å²) in [5, 5.41) is 2.88. The third-order valence-corrected chi connectivity index (χ3v) is 8.10. The molecule has 10 heteroatoms. The molecule has 0 unspecified atom stereocenters. The van der Waals surface area contributed by atoms with Gasteiger partial charge in [-0.05, 0) is 54.8 Å². The molecule has 0 heterocycles. The van der Waals surface area contributed by atoms with Crippen molar-refractivity contribution in [1.82, 2.24) is 10.2 Å². The second kappa shape index (κ2) is 13.8. The van der Waals surface area contributed by atoms with Gasteiger partial charge in [0.25, 0.3) is 10.0 Å². The van der Waals surface area contributed by atoms with Crippen LogP contribution >= 0.6 is 0 Å². The lowest BCUT2D eigenvalue weighted by atomic mass is 10.1. The predicted molar refractivity (Wildman–Crippen MR) is 155 cm³/mol. The maximum Gasteiger partial charge on any atom is 0.264 e. The number of carbonyl (C=O) groups excluding carboxylic acids is 2. The summed E-state index contributed by atoms with van der Waals surface area (Å²) in [4.78, 5) is 28.5. The summed E-state index contributed by atoms with van der Waals surface area (Å²) < 4.78 is 39.2. The fourth-order valence-corrected chi connectivity index (χ4v) is 5.40. The van der Waals surface area contributed by atoms with E-state index in [9.17, 15) is 18.0 Å². The van der Waals surface area contributed by atoms with Crippen LogP contribution in [0.4, 0.5) is 5.69 Å². The van der Waals surface area contributed by atoms with Crippen LogP contribution in [0.1, 0.15) is 26.3 Å². The van der Waals surface area contributed by atoms with Crippen LogP contribution in [0.15, 0.2) is 83.8 Å². The van der Waals surface area contributed by atoms with Gasteiger partial charge in [0.1, 0.15) is 24.1 Å². The fraction of sp³-hybridized carbons (Fsp3) is 0.333. The smallest absolute Gasteiger partial charge is 0.264 e. The first-order chi connectivity index (χ1) is 19.1. The molecule has 0 aliphatic carbocycles. The molecule has 2 amide bonds. The van der Waals surface area contributed by atoms with Crippen molar-refractivity contribution in [3.8, 4) is 11.5 Å². The summed E-state index contributed by atoms with van der Waals surface area (Å²) in [5.41, 5.74) is 1.02. The highest BCUT2D eigenvalue weighted by Crippen LogP contribution is 2.27. The third kappa shape index (κ3) is 7.75. The lowest BCUT2D eigenvalue weighted by molar-refractivity contribution is -0.139. The van der Waals surface area contributed by atoms with Crippen molar-refractivity contribution in [2.75, 3.05) is 31.6 Å². The number of hydrogen-bond acceptors (Lipinski definition) is 6. The lowest BCUT2D eigenvalue weighted by Crippen LogP contribution is -2.51. The molecule has 0 saturated heterocycles. The number of nitrogens with zero attached hydrogens (tertiary/aromatic N) is 2. The molecular weight excluding hydrogens is 530 g/mol. The molecule has 3 aromatic rings. The van der Waals surface area contributed by atoms with Crippen molar-refractivity contribution in [2.45, 2.75) is 38.3 Å². The van der Waals surface area contributed by atoms with Gasteiger partial charge in [-0.2, -0.15) is 0 Å². The van der Waals surface area contributed by atoms with Gasteiger partial charge in [-0.1, -0.05) is 50.2 Å². The summed E-state index contributed by atoms with van der Waals surface area (Å²) >= 11 is 0. The SMILES string of the molecule is COc1ccc(CN(C(=O)CN(c2cccc(OC)c2)S(=O)(=O)c2ccccc2)[C@@H](C)C(=O)NCC(C)C)cc1. The van der Waals surface area contributed by atoms with E-state index in [1.165, 1.54) is 24.1 Å². The number of carbonyl (C=O) groups is 2. The highest BCUT2D eigenvalue weighted by Gasteiger charge is 2.32. The third-order valence-electron chi connectivity index (χ3n) is 6.32. The van der Waals surface area contributed by atoms with E-state index >= 15 is 0 Å². The number of rotatable bonds is 13. The normalized spacial score (nSPS) is 11.9. The van der Waals surface area contributed by atoms with Crippen molar-refractivity contribution in [1.29, 1.82) is 0 Å². The quantitative estimate of drug-likeness (QED) is 0.334. The minimum absolute atomic E-state index is 0.0371. The molecule has 1 atom stereocenters. The standard InChI is InChI=1S/C30H37N3O6S/c1-22(2)19-31-30(35)23(3)32(20-24-14-16-26(38-4)17-15-24)29(34)21-33(25-10-9-11-27(18-25)39-5)40(36,37)28-12-7-6-8-13-28/h6-18,22-23H,19-21H2,1-5H3,(H,31,35)/t23-/m0/s1. The summed E-state index contributed by atoms with van der Waals surface area (Å²) in [6.07, 6.45) is 0. The Labute approximate surface area is 236 Å². The highest BCUT2D eigenvalue weighted by atomic mass is 32.2. The fourth-order valence-electron chi connectivity index (χ4n) is 3.98. The van der Waals surface area contributed by atoms with Crippen molar-refractivity contribution in [2.24, 2.45) is 5.92 Å². The molecular formula is C30H37N3O6S. The average molecular weight is 568 g/mol. The van der Waals surface area contributed by atoms with E-state index in [0.29, 0.717) is 18.0 Å². The molecule has 0 aliphatic heterocycles. The second-order valence-electron chi connectivity index (χ2n) is 9.71. The zero-order valence-electron chi connectivity index (χ0n) is 23.5. The van der Waals surface area contributed by atoms with E-state index in [1.807, 2.05) is 13.8 Å². The van der Waals surface area contributed by atoms with E-state index in [2.05, 4.69) is 5.32 Å². The molecule has 0 aliphatic rings. The van der Waals surface area contributed by atoms with Gasteiger partial charge >= 0.3 is 0 Å². The van der Waals surface area contributed by atoms with Crippen LogP contribution in [-0.2, 0) is 26.2 Å². The van der Waals surface area contributed by atoms with Crippen LogP contribution in [0.25, 0.3) is 0 Å². The van der Waals surface area contributed by atoms with Crippen molar-refractivity contribution in [3.05, 3.63) is 84.4 Å². The number of benzene rings is 3. The first-order valence-electron chi connectivity index (χ1n) is 13.0.